The number of benzene rings is 2. The Labute approximate surface area is 162 Å². The van der Waals surface area contributed by atoms with E-state index >= 15 is 0 Å². The molecule has 1 unspecified atom stereocenters. The van der Waals surface area contributed by atoms with Gasteiger partial charge in [-0.1, -0.05) is 42.5 Å². The number of likely N-dealkylation sites (N-methyl/N-ethyl adjacent to an activating group) is 1. The monoisotopic (exact) mass is 362 g/mol. The SMILES string of the molecule is CN(CCc1ccccc1)C1CCCN(Cc2nc3ccccc3n2C)C1. The van der Waals surface area contributed by atoms with E-state index in [1.54, 1.807) is 0 Å². The van der Waals surface area contributed by atoms with E-state index in [4.69, 9.17) is 4.98 Å². The van der Waals surface area contributed by atoms with Gasteiger partial charge in [0.05, 0.1) is 17.6 Å². The van der Waals surface area contributed by atoms with E-state index in [0.29, 0.717) is 6.04 Å². The van der Waals surface area contributed by atoms with Crippen LogP contribution in [0.5, 0.6) is 0 Å². The maximum Gasteiger partial charge on any atom is 0.123 e. The predicted molar refractivity (Wildman–Crippen MR) is 112 cm³/mol. The summed E-state index contributed by atoms with van der Waals surface area (Å²) in [6.07, 6.45) is 3.69. The normalized spacial score (nSPS) is 18.4. The minimum Gasteiger partial charge on any atom is -0.330 e. The second-order valence-electron chi connectivity index (χ2n) is 7.82. The molecule has 1 atom stereocenters. The van der Waals surface area contributed by atoms with Gasteiger partial charge in [0.2, 0.25) is 0 Å². The molecule has 142 valence electrons. The van der Waals surface area contributed by atoms with Crippen molar-refractivity contribution in [3.8, 4) is 0 Å². The molecule has 1 fully saturated rings. The number of aromatic nitrogens is 2. The Balaban J connectivity index is 1.36. The quantitative estimate of drug-likeness (QED) is 0.668. The van der Waals surface area contributed by atoms with Gasteiger partial charge in [-0.2, -0.15) is 0 Å². The summed E-state index contributed by atoms with van der Waals surface area (Å²) < 4.78 is 2.25. The number of piperidine rings is 1. The molecular formula is C23H30N4. The first-order valence-electron chi connectivity index (χ1n) is 10.1. The van der Waals surface area contributed by atoms with Crippen molar-refractivity contribution in [3.05, 3.63) is 66.0 Å². The molecule has 1 aliphatic heterocycles. The maximum absolute atomic E-state index is 4.86. The van der Waals surface area contributed by atoms with E-state index in [-0.39, 0.29) is 0 Å². The summed E-state index contributed by atoms with van der Waals surface area (Å²) in [6.45, 7) is 4.36. The molecule has 3 aromatic rings. The summed E-state index contributed by atoms with van der Waals surface area (Å²) in [6, 6.07) is 19.9. The highest BCUT2D eigenvalue weighted by Gasteiger charge is 2.24. The number of rotatable bonds is 6. The molecule has 0 aliphatic carbocycles. The van der Waals surface area contributed by atoms with E-state index < -0.39 is 0 Å². The first-order valence-corrected chi connectivity index (χ1v) is 10.1. The van der Waals surface area contributed by atoms with Crippen LogP contribution in [0.4, 0.5) is 0 Å². The van der Waals surface area contributed by atoms with E-state index in [0.717, 1.165) is 31.6 Å². The van der Waals surface area contributed by atoms with Gasteiger partial charge in [-0.25, -0.2) is 4.98 Å². The molecule has 27 heavy (non-hydrogen) atoms. The van der Waals surface area contributed by atoms with Crippen LogP contribution in [0.15, 0.2) is 54.6 Å². The molecule has 0 amide bonds. The summed E-state index contributed by atoms with van der Waals surface area (Å²) in [5.41, 5.74) is 3.75. The van der Waals surface area contributed by atoms with Gasteiger partial charge < -0.3 is 9.47 Å². The summed E-state index contributed by atoms with van der Waals surface area (Å²) in [5.74, 6) is 1.17. The van der Waals surface area contributed by atoms with Crippen LogP contribution in [0.1, 0.15) is 24.2 Å². The number of para-hydroxylation sites is 2. The lowest BCUT2D eigenvalue weighted by atomic mass is 10.0. The highest BCUT2D eigenvalue weighted by atomic mass is 15.2. The number of aryl methyl sites for hydroxylation is 1. The molecule has 4 nitrogen and oxygen atoms in total. The summed E-state index contributed by atoms with van der Waals surface area (Å²) >= 11 is 0. The van der Waals surface area contributed by atoms with Crippen molar-refractivity contribution in [1.82, 2.24) is 19.4 Å². The third-order valence-electron chi connectivity index (χ3n) is 5.94. The molecule has 4 heteroatoms. The van der Waals surface area contributed by atoms with Crippen LogP contribution in [0.3, 0.4) is 0 Å². The topological polar surface area (TPSA) is 24.3 Å². The Bertz CT molecular complexity index is 870. The van der Waals surface area contributed by atoms with Gasteiger partial charge in [0, 0.05) is 26.2 Å². The van der Waals surface area contributed by atoms with Gasteiger partial charge in [-0.05, 0) is 50.6 Å². The fourth-order valence-electron chi connectivity index (χ4n) is 4.20. The lowest BCUT2D eigenvalue weighted by Crippen LogP contribution is -2.46. The van der Waals surface area contributed by atoms with Crippen molar-refractivity contribution in [2.45, 2.75) is 31.8 Å². The average Bonchev–Trinajstić information content (AvgIpc) is 3.03. The van der Waals surface area contributed by atoms with E-state index in [2.05, 4.69) is 83.1 Å². The molecule has 0 spiro atoms. The van der Waals surface area contributed by atoms with Crippen molar-refractivity contribution in [3.63, 3.8) is 0 Å². The molecule has 1 aromatic heterocycles. The highest BCUT2D eigenvalue weighted by molar-refractivity contribution is 5.75. The first-order chi connectivity index (χ1) is 13.2. The second-order valence-corrected chi connectivity index (χ2v) is 7.82. The lowest BCUT2D eigenvalue weighted by Gasteiger charge is -2.37. The van der Waals surface area contributed by atoms with Gasteiger partial charge >= 0.3 is 0 Å². The molecule has 2 heterocycles. The summed E-state index contributed by atoms with van der Waals surface area (Å²) in [5, 5.41) is 0. The van der Waals surface area contributed by atoms with Gasteiger partial charge in [-0.15, -0.1) is 0 Å². The predicted octanol–water partition coefficient (Wildman–Crippen LogP) is 3.71. The van der Waals surface area contributed by atoms with Gasteiger partial charge in [0.1, 0.15) is 5.82 Å². The fourth-order valence-corrected chi connectivity index (χ4v) is 4.20. The van der Waals surface area contributed by atoms with Gasteiger partial charge in [0.15, 0.2) is 0 Å². The molecular weight excluding hydrogens is 332 g/mol. The van der Waals surface area contributed by atoms with E-state index in [1.807, 2.05) is 0 Å². The van der Waals surface area contributed by atoms with Crippen molar-refractivity contribution >= 4 is 11.0 Å². The van der Waals surface area contributed by atoms with Crippen LogP contribution >= 0.6 is 0 Å². The molecule has 0 radical (unpaired) electrons. The van der Waals surface area contributed by atoms with Gasteiger partial charge in [0.25, 0.3) is 0 Å². The van der Waals surface area contributed by atoms with Gasteiger partial charge in [-0.3, -0.25) is 4.90 Å². The number of nitrogens with zero attached hydrogens (tertiary/aromatic N) is 4. The standard InChI is InChI=1S/C23H30N4/c1-25(16-14-19-9-4-3-5-10-19)20-11-8-15-27(17-20)18-23-24-21-12-6-7-13-22(21)26(23)2/h3-7,9-10,12-13,20H,8,11,14-18H2,1-2H3. The Hall–Kier alpha value is -2.17. The zero-order chi connectivity index (χ0) is 18.6. The van der Waals surface area contributed by atoms with Crippen molar-refractivity contribution in [2.24, 2.45) is 7.05 Å². The zero-order valence-corrected chi connectivity index (χ0v) is 16.5. The summed E-state index contributed by atoms with van der Waals surface area (Å²) in [7, 11) is 4.42. The zero-order valence-electron chi connectivity index (χ0n) is 16.5. The minimum absolute atomic E-state index is 0.636. The molecule has 0 bridgehead atoms. The van der Waals surface area contributed by atoms with Crippen molar-refractivity contribution in [2.75, 3.05) is 26.7 Å². The largest absolute Gasteiger partial charge is 0.330 e. The Kier molecular flexibility index (Phi) is 5.55. The number of hydrogen-bond acceptors (Lipinski definition) is 3. The Morgan fingerprint density at radius 1 is 1.07 bits per heavy atom. The molecule has 2 aromatic carbocycles. The van der Waals surface area contributed by atoms with E-state index in [9.17, 15) is 0 Å². The van der Waals surface area contributed by atoms with Crippen LogP contribution in [0, 0.1) is 0 Å². The third kappa shape index (κ3) is 4.23. The smallest absolute Gasteiger partial charge is 0.123 e. The number of fused-ring (bicyclic) bond motifs is 1. The first kappa shape index (κ1) is 18.2. The van der Waals surface area contributed by atoms with Crippen LogP contribution in [0.25, 0.3) is 11.0 Å². The Morgan fingerprint density at radius 3 is 2.67 bits per heavy atom. The molecule has 0 saturated carbocycles. The lowest BCUT2D eigenvalue weighted by molar-refractivity contribution is 0.110. The third-order valence-corrected chi connectivity index (χ3v) is 5.94. The van der Waals surface area contributed by atoms with Crippen LogP contribution in [-0.4, -0.2) is 52.1 Å². The maximum atomic E-state index is 4.86. The second kappa shape index (κ2) is 8.24. The van der Waals surface area contributed by atoms with Crippen LogP contribution in [0.2, 0.25) is 0 Å². The van der Waals surface area contributed by atoms with Crippen molar-refractivity contribution < 1.29 is 0 Å². The molecule has 1 aliphatic rings. The number of likely N-dealkylation sites (tertiary alicyclic amines) is 1. The number of imidazole rings is 1. The van der Waals surface area contributed by atoms with Crippen LogP contribution < -0.4 is 0 Å². The molecule has 0 N–H and O–H groups in total. The number of hydrogen-bond donors (Lipinski definition) is 0. The van der Waals surface area contributed by atoms with E-state index in [1.165, 1.54) is 36.3 Å². The molecule has 4 rings (SSSR count). The fraction of sp³-hybridized carbons (Fsp3) is 0.435. The average molecular weight is 363 g/mol. The minimum atomic E-state index is 0.636. The highest BCUT2D eigenvalue weighted by Crippen LogP contribution is 2.20. The van der Waals surface area contributed by atoms with Crippen molar-refractivity contribution in [1.29, 1.82) is 0 Å². The Morgan fingerprint density at radius 2 is 1.85 bits per heavy atom. The molecule has 1 saturated heterocycles. The van der Waals surface area contributed by atoms with Crippen LogP contribution in [-0.2, 0) is 20.0 Å². The summed E-state index contributed by atoms with van der Waals surface area (Å²) in [4.78, 5) is 9.99.